The zero-order chi connectivity index (χ0) is 14.2. The third kappa shape index (κ3) is 4.20. The molecule has 1 atom stereocenters. The number of nitrogens with zero attached hydrogens (tertiary/aromatic N) is 2. The highest BCUT2D eigenvalue weighted by atomic mass is 16.5. The fourth-order valence-corrected chi connectivity index (χ4v) is 1.88. The van der Waals surface area contributed by atoms with E-state index in [1.807, 2.05) is 37.3 Å². The smallest absolute Gasteiger partial charge is 0.226 e. The molecule has 1 heterocycles. The molecule has 0 aliphatic carbocycles. The summed E-state index contributed by atoms with van der Waals surface area (Å²) in [5.41, 5.74) is 1.15. The van der Waals surface area contributed by atoms with Crippen LogP contribution in [-0.4, -0.2) is 34.3 Å². The van der Waals surface area contributed by atoms with Crippen molar-refractivity contribution in [1.82, 2.24) is 9.97 Å². The fourth-order valence-electron chi connectivity index (χ4n) is 1.88. The number of benzene rings is 1. The van der Waals surface area contributed by atoms with E-state index in [4.69, 9.17) is 4.74 Å². The SMILES string of the molecule is CCOc1ccnc(NC(CO)Cc2ccccc2)n1. The van der Waals surface area contributed by atoms with Gasteiger partial charge in [0, 0.05) is 12.3 Å². The molecule has 0 saturated heterocycles. The number of aliphatic hydroxyl groups excluding tert-OH is 1. The molecule has 0 amide bonds. The Morgan fingerprint density at radius 1 is 1.25 bits per heavy atom. The maximum Gasteiger partial charge on any atom is 0.226 e. The van der Waals surface area contributed by atoms with Gasteiger partial charge >= 0.3 is 0 Å². The molecule has 0 bridgehead atoms. The molecule has 2 N–H and O–H groups in total. The van der Waals surface area contributed by atoms with Gasteiger partial charge in [0.1, 0.15) is 0 Å². The predicted molar refractivity (Wildman–Crippen MR) is 77.8 cm³/mol. The van der Waals surface area contributed by atoms with Gasteiger partial charge in [-0.25, -0.2) is 4.98 Å². The molecule has 0 aliphatic heterocycles. The van der Waals surface area contributed by atoms with Crippen molar-refractivity contribution in [1.29, 1.82) is 0 Å². The first-order valence-corrected chi connectivity index (χ1v) is 6.69. The zero-order valence-electron chi connectivity index (χ0n) is 11.5. The maximum absolute atomic E-state index is 9.47. The molecule has 1 unspecified atom stereocenters. The number of anilines is 1. The number of hydrogen-bond acceptors (Lipinski definition) is 5. The first-order valence-electron chi connectivity index (χ1n) is 6.69. The number of aromatic nitrogens is 2. The van der Waals surface area contributed by atoms with Crippen molar-refractivity contribution in [3.63, 3.8) is 0 Å². The van der Waals surface area contributed by atoms with Crippen molar-refractivity contribution < 1.29 is 9.84 Å². The average Bonchev–Trinajstić information content (AvgIpc) is 2.48. The van der Waals surface area contributed by atoms with E-state index in [0.29, 0.717) is 24.9 Å². The van der Waals surface area contributed by atoms with Crippen molar-refractivity contribution >= 4 is 5.95 Å². The number of hydrogen-bond donors (Lipinski definition) is 2. The summed E-state index contributed by atoms with van der Waals surface area (Å²) in [5, 5.41) is 12.6. The van der Waals surface area contributed by atoms with Crippen LogP contribution >= 0.6 is 0 Å². The van der Waals surface area contributed by atoms with Gasteiger partial charge in [-0.05, 0) is 18.9 Å². The average molecular weight is 273 g/mol. The lowest BCUT2D eigenvalue weighted by atomic mass is 10.1. The molecule has 0 saturated carbocycles. The molecule has 5 nitrogen and oxygen atoms in total. The van der Waals surface area contributed by atoms with Crippen LogP contribution in [0.25, 0.3) is 0 Å². The quantitative estimate of drug-likeness (QED) is 0.806. The van der Waals surface area contributed by atoms with Crippen LogP contribution in [0, 0.1) is 0 Å². The lowest BCUT2D eigenvalue weighted by molar-refractivity contribution is 0.273. The first kappa shape index (κ1) is 14.3. The van der Waals surface area contributed by atoms with Crippen LogP contribution in [0.15, 0.2) is 42.6 Å². The maximum atomic E-state index is 9.47. The van der Waals surface area contributed by atoms with Crippen molar-refractivity contribution in [3.8, 4) is 5.88 Å². The summed E-state index contributed by atoms with van der Waals surface area (Å²) >= 11 is 0. The molecule has 1 aromatic carbocycles. The zero-order valence-corrected chi connectivity index (χ0v) is 11.5. The minimum atomic E-state index is -0.130. The van der Waals surface area contributed by atoms with Crippen molar-refractivity contribution in [3.05, 3.63) is 48.2 Å². The minimum absolute atomic E-state index is 0.0110. The van der Waals surface area contributed by atoms with Crippen molar-refractivity contribution in [2.45, 2.75) is 19.4 Å². The number of aliphatic hydroxyl groups is 1. The van der Waals surface area contributed by atoms with Gasteiger partial charge in [0.05, 0.1) is 19.3 Å². The van der Waals surface area contributed by atoms with Gasteiger partial charge in [-0.1, -0.05) is 30.3 Å². The van der Waals surface area contributed by atoms with E-state index in [1.165, 1.54) is 0 Å². The Morgan fingerprint density at radius 2 is 2.05 bits per heavy atom. The second-order valence-corrected chi connectivity index (χ2v) is 4.37. The topological polar surface area (TPSA) is 67.3 Å². The summed E-state index contributed by atoms with van der Waals surface area (Å²) in [7, 11) is 0. The normalized spacial score (nSPS) is 11.9. The molecule has 0 aliphatic rings. The van der Waals surface area contributed by atoms with Crippen molar-refractivity contribution in [2.75, 3.05) is 18.5 Å². The highest BCUT2D eigenvalue weighted by molar-refractivity contribution is 5.30. The molecule has 5 heteroatoms. The minimum Gasteiger partial charge on any atom is -0.478 e. The highest BCUT2D eigenvalue weighted by Gasteiger charge is 2.10. The Labute approximate surface area is 118 Å². The molecular weight excluding hydrogens is 254 g/mol. The molecular formula is C15H19N3O2. The molecule has 20 heavy (non-hydrogen) atoms. The molecule has 1 aromatic heterocycles. The predicted octanol–water partition coefficient (Wildman–Crippen LogP) is 1.89. The van der Waals surface area contributed by atoms with E-state index < -0.39 is 0 Å². The summed E-state index contributed by atoms with van der Waals surface area (Å²) < 4.78 is 5.33. The van der Waals surface area contributed by atoms with Crippen LogP contribution in [0.3, 0.4) is 0 Å². The van der Waals surface area contributed by atoms with E-state index in [0.717, 1.165) is 5.56 Å². The van der Waals surface area contributed by atoms with Crippen molar-refractivity contribution in [2.24, 2.45) is 0 Å². The number of nitrogens with one attached hydrogen (secondary N) is 1. The second kappa shape index (κ2) is 7.45. The lowest BCUT2D eigenvalue weighted by Crippen LogP contribution is -2.27. The van der Waals surface area contributed by atoms with Gasteiger partial charge in [-0.15, -0.1) is 0 Å². The molecule has 0 spiro atoms. The monoisotopic (exact) mass is 273 g/mol. The van der Waals surface area contributed by atoms with Crippen LogP contribution in [0.1, 0.15) is 12.5 Å². The fraction of sp³-hybridized carbons (Fsp3) is 0.333. The van der Waals surface area contributed by atoms with E-state index >= 15 is 0 Å². The van der Waals surface area contributed by atoms with E-state index in [1.54, 1.807) is 12.3 Å². The summed E-state index contributed by atoms with van der Waals surface area (Å²) in [6, 6.07) is 11.6. The number of ether oxygens (including phenoxy) is 1. The lowest BCUT2D eigenvalue weighted by Gasteiger charge is -2.16. The van der Waals surface area contributed by atoms with Gasteiger partial charge < -0.3 is 15.2 Å². The highest BCUT2D eigenvalue weighted by Crippen LogP contribution is 2.11. The van der Waals surface area contributed by atoms with Gasteiger partial charge in [-0.3, -0.25) is 0 Å². The Balaban J connectivity index is 2.00. The third-order valence-corrected chi connectivity index (χ3v) is 2.80. The van der Waals surface area contributed by atoms with Crippen LogP contribution in [0.4, 0.5) is 5.95 Å². The van der Waals surface area contributed by atoms with Gasteiger partial charge in [0.25, 0.3) is 0 Å². The molecule has 106 valence electrons. The first-order chi connectivity index (χ1) is 9.81. The Morgan fingerprint density at radius 3 is 2.75 bits per heavy atom. The third-order valence-electron chi connectivity index (χ3n) is 2.80. The van der Waals surface area contributed by atoms with Crippen LogP contribution in [-0.2, 0) is 6.42 Å². The largest absolute Gasteiger partial charge is 0.478 e. The van der Waals surface area contributed by atoms with Gasteiger partial charge in [0.15, 0.2) is 0 Å². The number of rotatable bonds is 7. The van der Waals surface area contributed by atoms with Gasteiger partial charge in [-0.2, -0.15) is 4.98 Å². The summed E-state index contributed by atoms with van der Waals surface area (Å²) in [6.07, 6.45) is 2.34. The summed E-state index contributed by atoms with van der Waals surface area (Å²) in [6.45, 7) is 2.47. The molecule has 0 fully saturated rings. The summed E-state index contributed by atoms with van der Waals surface area (Å²) in [5.74, 6) is 0.993. The Kier molecular flexibility index (Phi) is 5.32. The molecule has 0 radical (unpaired) electrons. The van der Waals surface area contributed by atoms with Crippen LogP contribution in [0.5, 0.6) is 5.88 Å². The molecule has 2 rings (SSSR count). The Hall–Kier alpha value is -2.14. The van der Waals surface area contributed by atoms with Gasteiger partial charge in [0.2, 0.25) is 11.8 Å². The second-order valence-electron chi connectivity index (χ2n) is 4.37. The van der Waals surface area contributed by atoms with E-state index in [-0.39, 0.29) is 12.6 Å². The van der Waals surface area contributed by atoms with E-state index in [9.17, 15) is 5.11 Å². The van der Waals surface area contributed by atoms with Crippen LogP contribution in [0.2, 0.25) is 0 Å². The standard InChI is InChI=1S/C15H19N3O2/c1-2-20-14-8-9-16-15(18-14)17-13(11-19)10-12-6-4-3-5-7-12/h3-9,13,19H,2,10-11H2,1H3,(H,16,17,18). The molecule has 2 aromatic rings. The van der Waals surface area contributed by atoms with Crippen LogP contribution < -0.4 is 10.1 Å². The summed E-state index contributed by atoms with van der Waals surface area (Å²) in [4.78, 5) is 8.37. The Bertz CT molecular complexity index is 520. The van der Waals surface area contributed by atoms with E-state index in [2.05, 4.69) is 15.3 Å².